The van der Waals surface area contributed by atoms with Gasteiger partial charge in [0.25, 0.3) is 5.56 Å². The molecule has 1 heterocycles. The molecule has 6 nitrogen and oxygen atoms in total. The zero-order valence-corrected chi connectivity index (χ0v) is 18.6. The number of rotatable bonds is 7. The van der Waals surface area contributed by atoms with Crippen LogP contribution in [0.4, 0.5) is 0 Å². The van der Waals surface area contributed by atoms with Crippen LogP contribution in [0.15, 0.2) is 58.5 Å². The molecule has 0 radical (unpaired) electrons. The maximum absolute atomic E-state index is 13.3. The molecule has 0 unspecified atom stereocenters. The van der Waals surface area contributed by atoms with Gasteiger partial charge in [-0.05, 0) is 56.0 Å². The fourth-order valence-corrected chi connectivity index (χ4v) is 5.15. The van der Waals surface area contributed by atoms with E-state index in [1.165, 1.54) is 11.8 Å². The molecule has 162 valence electrons. The summed E-state index contributed by atoms with van der Waals surface area (Å²) in [6.45, 7) is 0. The van der Waals surface area contributed by atoms with Crippen molar-refractivity contribution in [3.05, 3.63) is 63.9 Å². The van der Waals surface area contributed by atoms with Gasteiger partial charge in [0.05, 0.1) is 17.0 Å². The lowest BCUT2D eigenvalue weighted by molar-refractivity contribution is -0.117. The summed E-state index contributed by atoms with van der Waals surface area (Å²) >= 11 is 7.46. The lowest BCUT2D eigenvalue weighted by atomic mass is 9.92. The van der Waals surface area contributed by atoms with E-state index in [0.29, 0.717) is 26.8 Å². The number of aromatic nitrogens is 2. The van der Waals surface area contributed by atoms with E-state index < -0.39 is 0 Å². The van der Waals surface area contributed by atoms with Gasteiger partial charge in [0.1, 0.15) is 5.75 Å². The molecule has 1 saturated carbocycles. The Kier molecular flexibility index (Phi) is 6.83. The first-order chi connectivity index (χ1) is 15.0. The zero-order chi connectivity index (χ0) is 21.8. The second-order valence-electron chi connectivity index (χ2n) is 7.66. The molecular formula is C23H24ClN3O3S. The van der Waals surface area contributed by atoms with E-state index in [0.717, 1.165) is 31.4 Å². The van der Waals surface area contributed by atoms with Crippen molar-refractivity contribution in [3.8, 4) is 5.75 Å². The molecule has 3 aromatic rings. The first kappa shape index (κ1) is 21.7. The van der Waals surface area contributed by atoms with Crippen LogP contribution in [0.25, 0.3) is 10.9 Å². The van der Waals surface area contributed by atoms with Gasteiger partial charge in [-0.3, -0.25) is 14.2 Å². The fourth-order valence-electron chi connectivity index (χ4n) is 3.95. The predicted molar refractivity (Wildman–Crippen MR) is 124 cm³/mol. The topological polar surface area (TPSA) is 87.2 Å². The lowest BCUT2D eigenvalue weighted by Gasteiger charge is -2.31. The van der Waals surface area contributed by atoms with Gasteiger partial charge in [-0.1, -0.05) is 41.6 Å². The summed E-state index contributed by atoms with van der Waals surface area (Å²) in [5.41, 5.74) is 5.92. The number of primary amides is 1. The van der Waals surface area contributed by atoms with Gasteiger partial charge in [-0.25, -0.2) is 4.98 Å². The molecule has 8 heteroatoms. The third-order valence-corrected chi connectivity index (χ3v) is 6.65. The number of nitrogens with two attached hydrogens (primary N) is 1. The molecule has 0 aliphatic heterocycles. The maximum atomic E-state index is 13.3. The summed E-state index contributed by atoms with van der Waals surface area (Å²) in [5, 5.41) is 1.90. The summed E-state index contributed by atoms with van der Waals surface area (Å²) in [5.74, 6) is 0.900. The second-order valence-corrected chi connectivity index (χ2v) is 9.16. The van der Waals surface area contributed by atoms with Crippen LogP contribution in [0.1, 0.15) is 38.1 Å². The normalized spacial score (nSPS) is 18.7. The first-order valence-corrected chi connectivity index (χ1v) is 11.7. The van der Waals surface area contributed by atoms with Gasteiger partial charge in [0.2, 0.25) is 5.91 Å². The molecule has 0 saturated heterocycles. The van der Waals surface area contributed by atoms with E-state index >= 15 is 0 Å². The number of hydrogen-bond acceptors (Lipinski definition) is 5. The minimum atomic E-state index is -0.360. The van der Waals surface area contributed by atoms with Crippen LogP contribution in [0.5, 0.6) is 5.75 Å². The number of hydrogen-bond donors (Lipinski definition) is 1. The van der Waals surface area contributed by atoms with E-state index in [1.807, 2.05) is 53.1 Å². The van der Waals surface area contributed by atoms with Crippen LogP contribution >= 0.6 is 23.4 Å². The standard InChI is InChI=1S/C23H24ClN3O3S/c24-15-4-3-5-18(14-15)30-17-10-8-16(9-11-17)27-22(29)19-6-1-2-7-20(19)26-23(27)31-13-12-21(25)28/h1-7,14,16-17H,8-13H2,(H2,25,28). The van der Waals surface area contributed by atoms with Crippen LogP contribution < -0.4 is 16.0 Å². The SMILES string of the molecule is NC(=O)CCSc1nc2ccccc2c(=O)n1C1CCC(Oc2cccc(Cl)c2)CC1. The third kappa shape index (κ3) is 5.22. The summed E-state index contributed by atoms with van der Waals surface area (Å²) in [4.78, 5) is 29.2. The Labute approximate surface area is 189 Å². The van der Waals surface area contributed by atoms with Crippen molar-refractivity contribution < 1.29 is 9.53 Å². The van der Waals surface area contributed by atoms with Crippen molar-refractivity contribution in [2.75, 3.05) is 5.75 Å². The van der Waals surface area contributed by atoms with Crippen molar-refractivity contribution in [3.63, 3.8) is 0 Å². The average molecular weight is 458 g/mol. The highest BCUT2D eigenvalue weighted by atomic mass is 35.5. The monoisotopic (exact) mass is 457 g/mol. The van der Waals surface area contributed by atoms with Gasteiger partial charge in [0.15, 0.2) is 5.16 Å². The minimum absolute atomic E-state index is 0.0358. The maximum Gasteiger partial charge on any atom is 0.262 e. The number of thioether (sulfide) groups is 1. The highest BCUT2D eigenvalue weighted by Crippen LogP contribution is 2.33. The van der Waals surface area contributed by atoms with Gasteiger partial charge in [-0.15, -0.1) is 0 Å². The fraction of sp³-hybridized carbons (Fsp3) is 0.348. The zero-order valence-electron chi connectivity index (χ0n) is 17.0. The van der Waals surface area contributed by atoms with Crippen LogP contribution in [-0.2, 0) is 4.79 Å². The number of benzene rings is 2. The molecule has 31 heavy (non-hydrogen) atoms. The summed E-state index contributed by atoms with van der Waals surface area (Å²) in [6, 6.07) is 14.8. The average Bonchev–Trinajstić information content (AvgIpc) is 2.75. The summed E-state index contributed by atoms with van der Waals surface area (Å²) < 4.78 is 7.91. The Morgan fingerprint density at radius 3 is 2.68 bits per heavy atom. The van der Waals surface area contributed by atoms with Gasteiger partial charge >= 0.3 is 0 Å². The number of fused-ring (bicyclic) bond motifs is 1. The minimum Gasteiger partial charge on any atom is -0.490 e. The lowest BCUT2D eigenvalue weighted by Crippen LogP contribution is -2.33. The smallest absolute Gasteiger partial charge is 0.262 e. The second kappa shape index (κ2) is 9.75. The Bertz CT molecular complexity index is 1140. The molecular weight excluding hydrogens is 434 g/mol. The number of carbonyl (C=O) groups excluding carboxylic acids is 1. The number of carbonyl (C=O) groups is 1. The summed E-state index contributed by atoms with van der Waals surface area (Å²) in [6.07, 6.45) is 3.63. The molecule has 0 spiro atoms. The van der Waals surface area contributed by atoms with Crippen molar-refractivity contribution in [2.45, 2.75) is 49.4 Å². The molecule has 2 N–H and O–H groups in total. The molecule has 1 aromatic heterocycles. The number of halogens is 1. The van der Waals surface area contributed by atoms with E-state index in [2.05, 4.69) is 0 Å². The number of ether oxygens (including phenoxy) is 1. The highest BCUT2D eigenvalue weighted by molar-refractivity contribution is 7.99. The largest absolute Gasteiger partial charge is 0.490 e. The Hall–Kier alpha value is -2.51. The van der Waals surface area contributed by atoms with Crippen molar-refractivity contribution in [2.24, 2.45) is 5.73 Å². The van der Waals surface area contributed by atoms with E-state index in [1.54, 1.807) is 0 Å². The van der Waals surface area contributed by atoms with Gasteiger partial charge in [0, 0.05) is 23.2 Å². The first-order valence-electron chi connectivity index (χ1n) is 10.4. The van der Waals surface area contributed by atoms with Crippen LogP contribution in [0, 0.1) is 0 Å². The molecule has 0 bridgehead atoms. The van der Waals surface area contributed by atoms with Gasteiger partial charge in [-0.2, -0.15) is 0 Å². The Balaban J connectivity index is 1.54. The quantitative estimate of drug-likeness (QED) is 0.414. The Morgan fingerprint density at radius 2 is 1.94 bits per heavy atom. The van der Waals surface area contributed by atoms with Crippen LogP contribution in [-0.4, -0.2) is 27.3 Å². The molecule has 1 aliphatic rings. The highest BCUT2D eigenvalue weighted by Gasteiger charge is 2.27. The summed E-state index contributed by atoms with van der Waals surface area (Å²) in [7, 11) is 0. The molecule has 1 aliphatic carbocycles. The number of nitrogens with zero attached hydrogens (tertiary/aromatic N) is 2. The predicted octanol–water partition coefficient (Wildman–Crippen LogP) is 4.58. The van der Waals surface area contributed by atoms with Crippen molar-refractivity contribution in [1.82, 2.24) is 9.55 Å². The molecule has 4 rings (SSSR count). The number of amides is 1. The number of para-hydroxylation sites is 1. The molecule has 0 atom stereocenters. The Morgan fingerprint density at radius 1 is 1.16 bits per heavy atom. The van der Waals surface area contributed by atoms with Crippen LogP contribution in [0.3, 0.4) is 0 Å². The van der Waals surface area contributed by atoms with E-state index in [9.17, 15) is 9.59 Å². The molecule has 2 aromatic carbocycles. The van der Waals surface area contributed by atoms with E-state index in [-0.39, 0.29) is 30.0 Å². The van der Waals surface area contributed by atoms with Crippen molar-refractivity contribution in [1.29, 1.82) is 0 Å². The van der Waals surface area contributed by atoms with Crippen LogP contribution in [0.2, 0.25) is 5.02 Å². The third-order valence-electron chi connectivity index (χ3n) is 5.46. The van der Waals surface area contributed by atoms with Crippen molar-refractivity contribution >= 4 is 40.2 Å². The van der Waals surface area contributed by atoms with E-state index in [4.69, 9.17) is 27.1 Å². The molecule has 1 fully saturated rings. The molecule has 1 amide bonds. The van der Waals surface area contributed by atoms with Gasteiger partial charge < -0.3 is 10.5 Å².